The zero-order valence-corrected chi connectivity index (χ0v) is 13.8. The number of rotatable bonds is 6. The van der Waals surface area contributed by atoms with Crippen LogP contribution in [0.2, 0.25) is 5.02 Å². The summed E-state index contributed by atoms with van der Waals surface area (Å²) in [4.78, 5) is 23.4. The van der Waals surface area contributed by atoms with E-state index in [4.69, 9.17) is 16.3 Å². The molecule has 0 aliphatic rings. The average molecular weight is 349 g/mol. The zero-order valence-electron chi connectivity index (χ0n) is 13.0. The number of carbonyl (C=O) groups excluding carboxylic acids is 2. The van der Waals surface area contributed by atoms with Gasteiger partial charge >= 0.3 is 12.0 Å². The summed E-state index contributed by atoms with van der Waals surface area (Å²) in [5, 5.41) is 5.54. The van der Waals surface area contributed by atoms with Crippen molar-refractivity contribution in [1.82, 2.24) is 5.32 Å². The Labute approximate surface area is 144 Å². The van der Waals surface area contributed by atoms with Gasteiger partial charge in [-0.1, -0.05) is 29.8 Å². The third-order valence-electron chi connectivity index (χ3n) is 3.04. The number of benzene rings is 2. The van der Waals surface area contributed by atoms with E-state index in [9.17, 15) is 9.59 Å². The third kappa shape index (κ3) is 5.17. The molecular weight excluding hydrogens is 332 g/mol. The van der Waals surface area contributed by atoms with Gasteiger partial charge in [0, 0.05) is 0 Å². The largest absolute Gasteiger partial charge is 0.492 e. The van der Waals surface area contributed by atoms with Crippen LogP contribution >= 0.6 is 11.6 Å². The Hall–Kier alpha value is -2.73. The van der Waals surface area contributed by atoms with Crippen LogP contribution in [0.4, 0.5) is 10.5 Å². The molecule has 126 valence electrons. The highest BCUT2D eigenvalue weighted by Gasteiger charge is 2.11. The van der Waals surface area contributed by atoms with Crippen LogP contribution in [-0.2, 0) is 4.74 Å². The van der Waals surface area contributed by atoms with Crippen molar-refractivity contribution in [2.75, 3.05) is 25.6 Å². The van der Waals surface area contributed by atoms with E-state index in [1.54, 1.807) is 0 Å². The lowest BCUT2D eigenvalue weighted by Crippen LogP contribution is -2.32. The van der Waals surface area contributed by atoms with Crippen molar-refractivity contribution in [3.63, 3.8) is 0 Å². The number of hydrogen-bond acceptors (Lipinski definition) is 4. The first-order chi connectivity index (χ1) is 11.6. The van der Waals surface area contributed by atoms with Crippen LogP contribution in [0.1, 0.15) is 10.4 Å². The fourth-order valence-electron chi connectivity index (χ4n) is 1.88. The molecule has 0 saturated carbocycles. The van der Waals surface area contributed by atoms with Gasteiger partial charge < -0.3 is 20.1 Å². The van der Waals surface area contributed by atoms with Gasteiger partial charge in [0.15, 0.2) is 0 Å². The molecule has 0 heterocycles. The Morgan fingerprint density at radius 1 is 1.12 bits per heavy atom. The SMILES string of the molecule is COC(=O)c1ccc(Cl)c(NC(=O)NCCOc2ccccc2)c1. The maximum Gasteiger partial charge on any atom is 0.337 e. The fraction of sp³-hybridized carbons (Fsp3) is 0.176. The Bertz CT molecular complexity index is 707. The fourth-order valence-corrected chi connectivity index (χ4v) is 2.05. The highest BCUT2D eigenvalue weighted by molar-refractivity contribution is 6.33. The highest BCUT2D eigenvalue weighted by atomic mass is 35.5. The molecule has 0 spiro atoms. The molecule has 24 heavy (non-hydrogen) atoms. The summed E-state index contributed by atoms with van der Waals surface area (Å²) >= 11 is 6.01. The molecule has 0 unspecified atom stereocenters. The van der Waals surface area contributed by atoms with Crippen LogP contribution in [0.3, 0.4) is 0 Å². The Morgan fingerprint density at radius 3 is 2.58 bits per heavy atom. The second kappa shape index (κ2) is 8.79. The molecule has 0 aliphatic carbocycles. The topological polar surface area (TPSA) is 76.7 Å². The van der Waals surface area contributed by atoms with Gasteiger partial charge in [0.05, 0.1) is 29.9 Å². The molecule has 2 N–H and O–H groups in total. The first-order valence-electron chi connectivity index (χ1n) is 7.20. The second-order valence-corrected chi connectivity index (χ2v) is 5.14. The number of urea groups is 1. The van der Waals surface area contributed by atoms with Crippen molar-refractivity contribution < 1.29 is 19.1 Å². The van der Waals surface area contributed by atoms with E-state index in [0.717, 1.165) is 5.75 Å². The van der Waals surface area contributed by atoms with Crippen molar-refractivity contribution in [1.29, 1.82) is 0 Å². The number of hydrogen-bond donors (Lipinski definition) is 2. The number of esters is 1. The van der Waals surface area contributed by atoms with Gasteiger partial charge in [0.1, 0.15) is 12.4 Å². The Morgan fingerprint density at radius 2 is 1.88 bits per heavy atom. The van der Waals surface area contributed by atoms with E-state index in [0.29, 0.717) is 29.4 Å². The van der Waals surface area contributed by atoms with Crippen molar-refractivity contribution in [3.8, 4) is 5.75 Å². The van der Waals surface area contributed by atoms with Gasteiger partial charge in [-0.25, -0.2) is 9.59 Å². The molecule has 0 aliphatic heterocycles. The van der Waals surface area contributed by atoms with Crippen molar-refractivity contribution >= 4 is 29.3 Å². The lowest BCUT2D eigenvalue weighted by molar-refractivity contribution is 0.0600. The number of amides is 2. The van der Waals surface area contributed by atoms with Gasteiger partial charge in [0.2, 0.25) is 0 Å². The van der Waals surface area contributed by atoms with Crippen LogP contribution in [0.25, 0.3) is 0 Å². The summed E-state index contributed by atoms with van der Waals surface area (Å²) in [5.41, 5.74) is 0.616. The van der Waals surface area contributed by atoms with Crippen molar-refractivity contribution in [2.45, 2.75) is 0 Å². The van der Waals surface area contributed by atoms with Crippen LogP contribution in [0, 0.1) is 0 Å². The molecule has 0 aromatic heterocycles. The molecule has 0 bridgehead atoms. The first kappa shape index (κ1) is 17.6. The van der Waals surface area contributed by atoms with Crippen molar-refractivity contribution in [3.05, 3.63) is 59.1 Å². The quantitative estimate of drug-likeness (QED) is 0.620. The van der Waals surface area contributed by atoms with E-state index in [2.05, 4.69) is 15.4 Å². The van der Waals surface area contributed by atoms with Gasteiger partial charge in [-0.15, -0.1) is 0 Å². The van der Waals surface area contributed by atoms with Crippen LogP contribution in [0.5, 0.6) is 5.75 Å². The Kier molecular flexibility index (Phi) is 6.45. The lowest BCUT2D eigenvalue weighted by Gasteiger charge is -2.11. The molecule has 7 heteroatoms. The minimum atomic E-state index is -0.508. The number of ether oxygens (including phenoxy) is 2. The van der Waals surface area contributed by atoms with Crippen LogP contribution in [-0.4, -0.2) is 32.3 Å². The predicted molar refractivity (Wildman–Crippen MR) is 91.7 cm³/mol. The summed E-state index contributed by atoms with van der Waals surface area (Å²) in [6, 6.07) is 13.3. The van der Waals surface area contributed by atoms with E-state index >= 15 is 0 Å². The smallest absolute Gasteiger partial charge is 0.337 e. The molecule has 0 atom stereocenters. The zero-order chi connectivity index (χ0) is 17.4. The molecule has 2 amide bonds. The van der Waals surface area contributed by atoms with E-state index < -0.39 is 12.0 Å². The van der Waals surface area contributed by atoms with Gasteiger partial charge in [-0.05, 0) is 30.3 Å². The monoisotopic (exact) mass is 348 g/mol. The van der Waals surface area contributed by atoms with E-state index in [1.165, 1.54) is 25.3 Å². The van der Waals surface area contributed by atoms with E-state index in [1.807, 2.05) is 30.3 Å². The minimum absolute atomic E-state index is 0.296. The van der Waals surface area contributed by atoms with Gasteiger partial charge in [0.25, 0.3) is 0 Å². The third-order valence-corrected chi connectivity index (χ3v) is 3.36. The molecule has 2 aromatic carbocycles. The number of nitrogens with one attached hydrogen (secondary N) is 2. The van der Waals surface area contributed by atoms with Crippen LogP contribution in [0.15, 0.2) is 48.5 Å². The van der Waals surface area contributed by atoms with Gasteiger partial charge in [-0.3, -0.25) is 0 Å². The Balaban J connectivity index is 1.82. The van der Waals surface area contributed by atoms with Crippen LogP contribution < -0.4 is 15.4 Å². The number of methoxy groups -OCH3 is 1. The maximum atomic E-state index is 11.9. The number of anilines is 1. The standard InChI is InChI=1S/C17H17ClN2O4/c1-23-16(21)12-7-8-14(18)15(11-12)20-17(22)19-9-10-24-13-5-3-2-4-6-13/h2-8,11H,9-10H2,1H3,(H2,19,20,22). The number of para-hydroxylation sites is 1. The predicted octanol–water partition coefficient (Wildman–Crippen LogP) is 3.33. The molecule has 2 rings (SSSR count). The van der Waals surface area contributed by atoms with Gasteiger partial charge in [-0.2, -0.15) is 0 Å². The second-order valence-electron chi connectivity index (χ2n) is 4.73. The summed E-state index contributed by atoms with van der Waals surface area (Å²) in [6.45, 7) is 0.641. The summed E-state index contributed by atoms with van der Waals surface area (Å²) in [5.74, 6) is 0.222. The molecule has 0 saturated heterocycles. The van der Waals surface area contributed by atoms with E-state index in [-0.39, 0.29) is 0 Å². The molecule has 6 nitrogen and oxygen atoms in total. The first-order valence-corrected chi connectivity index (χ1v) is 7.58. The number of halogens is 1. The summed E-state index contributed by atoms with van der Waals surface area (Å²) < 4.78 is 10.1. The molecule has 0 fully saturated rings. The lowest BCUT2D eigenvalue weighted by atomic mass is 10.2. The maximum absolute atomic E-state index is 11.9. The summed E-state index contributed by atoms with van der Waals surface area (Å²) in [6.07, 6.45) is 0. The average Bonchev–Trinajstić information content (AvgIpc) is 2.61. The molecular formula is C17H17ClN2O4. The molecule has 2 aromatic rings. The highest BCUT2D eigenvalue weighted by Crippen LogP contribution is 2.23. The van der Waals surface area contributed by atoms with Crippen molar-refractivity contribution in [2.24, 2.45) is 0 Å². The summed E-state index contributed by atoms with van der Waals surface area (Å²) in [7, 11) is 1.28. The normalized spacial score (nSPS) is 9.92. The number of carbonyl (C=O) groups is 2. The minimum Gasteiger partial charge on any atom is -0.492 e. The molecule has 0 radical (unpaired) electrons.